The van der Waals surface area contributed by atoms with Gasteiger partial charge in [0.25, 0.3) is 0 Å². The molecule has 1 heterocycles. The maximum absolute atomic E-state index is 12.3. The molecule has 2 amide bonds. The SMILES string of the molecule is CCCCNC(=O)N1CCCCC1C1CCCC1=O. The molecule has 4 nitrogen and oxygen atoms in total. The number of Topliss-reactive ketones (excluding diaryl/α,β-unsaturated/α-hetero) is 1. The Kier molecular flexibility index (Phi) is 5.23. The van der Waals surface area contributed by atoms with E-state index in [0.29, 0.717) is 12.2 Å². The lowest BCUT2D eigenvalue weighted by molar-refractivity contribution is -0.122. The predicted octanol–water partition coefficient (Wildman–Crippen LogP) is 2.72. The molecule has 2 unspecified atom stereocenters. The number of ketones is 1. The van der Waals surface area contributed by atoms with Gasteiger partial charge in [-0.05, 0) is 38.5 Å². The zero-order valence-corrected chi connectivity index (χ0v) is 12.0. The average molecular weight is 266 g/mol. The van der Waals surface area contributed by atoms with Crippen molar-refractivity contribution in [2.75, 3.05) is 13.1 Å². The summed E-state index contributed by atoms with van der Waals surface area (Å²) in [5.74, 6) is 0.482. The summed E-state index contributed by atoms with van der Waals surface area (Å²) in [5.41, 5.74) is 0. The molecule has 4 heteroatoms. The molecule has 2 fully saturated rings. The molecule has 1 N–H and O–H groups in total. The number of carbonyl (C=O) groups is 2. The van der Waals surface area contributed by atoms with E-state index >= 15 is 0 Å². The van der Waals surface area contributed by atoms with E-state index < -0.39 is 0 Å². The third kappa shape index (κ3) is 3.48. The summed E-state index contributed by atoms with van der Waals surface area (Å²) in [4.78, 5) is 26.1. The molecule has 0 bridgehead atoms. The fourth-order valence-corrected chi connectivity index (χ4v) is 3.35. The number of likely N-dealkylation sites (tertiary alicyclic amines) is 1. The van der Waals surface area contributed by atoms with E-state index in [1.165, 1.54) is 0 Å². The molecule has 0 aromatic heterocycles. The highest BCUT2D eigenvalue weighted by Gasteiger charge is 2.38. The molecule has 2 aliphatic rings. The number of rotatable bonds is 4. The number of amides is 2. The Hall–Kier alpha value is -1.06. The second-order valence-corrected chi connectivity index (χ2v) is 5.81. The lowest BCUT2D eigenvalue weighted by atomic mass is 9.88. The van der Waals surface area contributed by atoms with Crippen molar-refractivity contribution in [3.05, 3.63) is 0 Å². The highest BCUT2D eigenvalue weighted by molar-refractivity contribution is 5.84. The van der Waals surface area contributed by atoms with Gasteiger partial charge in [0.2, 0.25) is 0 Å². The van der Waals surface area contributed by atoms with Gasteiger partial charge in [-0.2, -0.15) is 0 Å². The number of nitrogens with zero attached hydrogens (tertiary/aromatic N) is 1. The van der Waals surface area contributed by atoms with Crippen LogP contribution in [-0.4, -0.2) is 35.8 Å². The Bertz CT molecular complexity index is 330. The van der Waals surface area contributed by atoms with E-state index in [1.54, 1.807) is 0 Å². The monoisotopic (exact) mass is 266 g/mol. The first-order valence-electron chi connectivity index (χ1n) is 7.81. The molecule has 0 aromatic carbocycles. The third-order valence-corrected chi connectivity index (χ3v) is 4.43. The zero-order chi connectivity index (χ0) is 13.7. The third-order valence-electron chi connectivity index (χ3n) is 4.43. The van der Waals surface area contributed by atoms with Gasteiger partial charge in [-0.3, -0.25) is 4.79 Å². The van der Waals surface area contributed by atoms with Crippen LogP contribution in [0.25, 0.3) is 0 Å². The predicted molar refractivity (Wildman–Crippen MR) is 75.0 cm³/mol. The summed E-state index contributed by atoms with van der Waals surface area (Å²) in [6.45, 7) is 3.68. The van der Waals surface area contributed by atoms with E-state index in [2.05, 4.69) is 12.2 Å². The Morgan fingerprint density at radius 1 is 1.32 bits per heavy atom. The molecule has 1 aliphatic carbocycles. The summed E-state index contributed by atoms with van der Waals surface area (Å²) < 4.78 is 0. The summed E-state index contributed by atoms with van der Waals surface area (Å²) >= 11 is 0. The number of hydrogen-bond donors (Lipinski definition) is 1. The minimum absolute atomic E-state index is 0.0397. The Balaban J connectivity index is 1.95. The van der Waals surface area contributed by atoms with Gasteiger partial charge in [-0.25, -0.2) is 4.79 Å². The van der Waals surface area contributed by atoms with Crippen LogP contribution in [0.15, 0.2) is 0 Å². The van der Waals surface area contributed by atoms with Gasteiger partial charge < -0.3 is 10.2 Å². The van der Waals surface area contributed by atoms with Gasteiger partial charge in [0, 0.05) is 31.5 Å². The maximum atomic E-state index is 12.3. The molecule has 2 rings (SSSR count). The number of nitrogens with one attached hydrogen (secondary N) is 1. The molecule has 0 radical (unpaired) electrons. The van der Waals surface area contributed by atoms with Crippen LogP contribution >= 0.6 is 0 Å². The number of hydrogen-bond acceptors (Lipinski definition) is 2. The van der Waals surface area contributed by atoms with Crippen molar-refractivity contribution in [2.45, 2.75) is 64.3 Å². The van der Waals surface area contributed by atoms with Gasteiger partial charge in [0.05, 0.1) is 0 Å². The molecule has 19 heavy (non-hydrogen) atoms. The highest BCUT2D eigenvalue weighted by atomic mass is 16.2. The molecule has 1 saturated carbocycles. The lowest BCUT2D eigenvalue weighted by Gasteiger charge is -2.38. The second kappa shape index (κ2) is 6.92. The van der Waals surface area contributed by atoms with Crippen molar-refractivity contribution in [3.63, 3.8) is 0 Å². The molecule has 0 spiro atoms. The topological polar surface area (TPSA) is 49.4 Å². The zero-order valence-electron chi connectivity index (χ0n) is 12.0. The molecule has 2 atom stereocenters. The molecule has 108 valence electrons. The Morgan fingerprint density at radius 2 is 2.16 bits per heavy atom. The van der Waals surface area contributed by atoms with E-state index in [-0.39, 0.29) is 18.0 Å². The summed E-state index contributed by atoms with van der Waals surface area (Å²) in [6.07, 6.45) is 8.01. The highest BCUT2D eigenvalue weighted by Crippen LogP contribution is 2.32. The van der Waals surface area contributed by atoms with Crippen molar-refractivity contribution in [3.8, 4) is 0 Å². The lowest BCUT2D eigenvalue weighted by Crippen LogP contribution is -2.52. The van der Waals surface area contributed by atoms with Gasteiger partial charge in [0.15, 0.2) is 0 Å². The maximum Gasteiger partial charge on any atom is 0.317 e. The van der Waals surface area contributed by atoms with Crippen LogP contribution in [0.2, 0.25) is 0 Å². The minimum atomic E-state index is 0.0397. The first kappa shape index (κ1) is 14.4. The van der Waals surface area contributed by atoms with E-state index in [9.17, 15) is 9.59 Å². The van der Waals surface area contributed by atoms with Gasteiger partial charge >= 0.3 is 6.03 Å². The fraction of sp³-hybridized carbons (Fsp3) is 0.867. The van der Waals surface area contributed by atoms with Crippen LogP contribution in [0.1, 0.15) is 58.3 Å². The fourth-order valence-electron chi connectivity index (χ4n) is 3.35. The van der Waals surface area contributed by atoms with Gasteiger partial charge in [-0.1, -0.05) is 13.3 Å². The standard InChI is InChI=1S/C15H26N2O2/c1-2-3-10-16-15(19)17-11-5-4-8-13(17)12-7-6-9-14(12)18/h12-13H,2-11H2,1H3,(H,16,19). The van der Waals surface area contributed by atoms with Crippen molar-refractivity contribution in [2.24, 2.45) is 5.92 Å². The van der Waals surface area contributed by atoms with Gasteiger partial charge in [-0.15, -0.1) is 0 Å². The van der Waals surface area contributed by atoms with Crippen molar-refractivity contribution >= 4 is 11.8 Å². The molecule has 1 aliphatic heterocycles. The van der Waals surface area contributed by atoms with Crippen LogP contribution in [0.3, 0.4) is 0 Å². The largest absolute Gasteiger partial charge is 0.338 e. The number of urea groups is 1. The molecular formula is C15H26N2O2. The van der Waals surface area contributed by atoms with Crippen LogP contribution in [0.5, 0.6) is 0 Å². The number of piperidine rings is 1. The van der Waals surface area contributed by atoms with Crippen molar-refractivity contribution < 1.29 is 9.59 Å². The normalized spacial score (nSPS) is 27.6. The summed E-state index contributed by atoms with van der Waals surface area (Å²) in [5, 5.41) is 3.00. The number of carbonyl (C=O) groups excluding carboxylic acids is 2. The summed E-state index contributed by atoms with van der Waals surface area (Å²) in [6, 6.07) is 0.197. The molecule has 0 aromatic rings. The first-order chi connectivity index (χ1) is 9.24. The quantitative estimate of drug-likeness (QED) is 0.795. The summed E-state index contributed by atoms with van der Waals surface area (Å²) in [7, 11) is 0. The van der Waals surface area contributed by atoms with E-state index in [4.69, 9.17) is 0 Å². The molecular weight excluding hydrogens is 240 g/mol. The Labute approximate surface area is 115 Å². The van der Waals surface area contributed by atoms with Crippen molar-refractivity contribution in [1.82, 2.24) is 10.2 Å². The smallest absolute Gasteiger partial charge is 0.317 e. The van der Waals surface area contributed by atoms with Crippen LogP contribution in [0, 0.1) is 5.92 Å². The second-order valence-electron chi connectivity index (χ2n) is 5.81. The van der Waals surface area contributed by atoms with Gasteiger partial charge in [0.1, 0.15) is 5.78 Å². The van der Waals surface area contributed by atoms with Crippen molar-refractivity contribution in [1.29, 1.82) is 0 Å². The first-order valence-corrected chi connectivity index (χ1v) is 7.81. The average Bonchev–Trinajstić information content (AvgIpc) is 2.85. The van der Waals surface area contributed by atoms with Crippen LogP contribution in [0.4, 0.5) is 4.79 Å². The van der Waals surface area contributed by atoms with E-state index in [1.807, 2.05) is 4.90 Å². The molecule has 1 saturated heterocycles. The minimum Gasteiger partial charge on any atom is -0.338 e. The van der Waals surface area contributed by atoms with Crippen LogP contribution < -0.4 is 5.32 Å². The Morgan fingerprint density at radius 3 is 2.84 bits per heavy atom. The number of unbranched alkanes of at least 4 members (excludes halogenated alkanes) is 1. The van der Waals surface area contributed by atoms with Crippen LogP contribution in [-0.2, 0) is 4.79 Å². The van der Waals surface area contributed by atoms with E-state index in [0.717, 1.165) is 58.0 Å².